The van der Waals surface area contributed by atoms with Crippen LogP contribution >= 0.6 is 15.9 Å². The summed E-state index contributed by atoms with van der Waals surface area (Å²) in [6.07, 6.45) is 4.25. The zero-order valence-electron chi connectivity index (χ0n) is 11.3. The quantitative estimate of drug-likeness (QED) is 0.842. The van der Waals surface area contributed by atoms with Gasteiger partial charge in [0.2, 0.25) is 0 Å². The minimum Gasteiger partial charge on any atom is -0.335 e. The van der Waals surface area contributed by atoms with Crippen LogP contribution in [0, 0.1) is 11.6 Å². The number of aromatic nitrogens is 2. The summed E-state index contributed by atoms with van der Waals surface area (Å²) in [5.74, 6) is -0.810. The number of imidazole rings is 1. The third kappa shape index (κ3) is 2.91. The molecule has 1 unspecified atom stereocenters. The Morgan fingerprint density at radius 2 is 2.15 bits per heavy atom. The molecule has 1 atom stereocenters. The lowest BCUT2D eigenvalue weighted by Crippen LogP contribution is -2.21. The topological polar surface area (TPSA) is 29.9 Å². The van der Waals surface area contributed by atoms with Crippen LogP contribution in [0.2, 0.25) is 0 Å². The summed E-state index contributed by atoms with van der Waals surface area (Å²) in [4.78, 5) is 4.31. The Labute approximate surface area is 125 Å². The van der Waals surface area contributed by atoms with Gasteiger partial charge in [-0.05, 0) is 41.5 Å². The number of rotatable bonds is 5. The number of nitrogens with one attached hydrogen (secondary N) is 1. The normalized spacial score (nSPS) is 12.7. The molecule has 0 amide bonds. The molecule has 1 aromatic carbocycles. The van der Waals surface area contributed by atoms with E-state index in [1.807, 2.05) is 17.7 Å². The van der Waals surface area contributed by atoms with Crippen LogP contribution < -0.4 is 5.32 Å². The Morgan fingerprint density at radius 1 is 1.40 bits per heavy atom. The maximum Gasteiger partial charge on any atom is 0.173 e. The first-order valence-corrected chi connectivity index (χ1v) is 7.18. The van der Waals surface area contributed by atoms with Crippen molar-refractivity contribution in [1.82, 2.24) is 14.9 Å². The van der Waals surface area contributed by atoms with Crippen molar-refractivity contribution >= 4 is 15.9 Å². The molecule has 0 bridgehead atoms. The Balaban J connectivity index is 2.31. The Kier molecular flexibility index (Phi) is 4.88. The van der Waals surface area contributed by atoms with Gasteiger partial charge in [0.05, 0.1) is 4.47 Å². The van der Waals surface area contributed by atoms with Crippen LogP contribution in [0.5, 0.6) is 0 Å². The van der Waals surface area contributed by atoms with Crippen molar-refractivity contribution in [2.45, 2.75) is 25.9 Å². The van der Waals surface area contributed by atoms with Gasteiger partial charge in [-0.25, -0.2) is 13.8 Å². The SMILES string of the molecule is CCn1ccnc1CC(NC)c1ccc(F)c(F)c1Br. The van der Waals surface area contributed by atoms with E-state index in [1.165, 1.54) is 0 Å². The molecule has 108 valence electrons. The fraction of sp³-hybridized carbons (Fsp3) is 0.357. The van der Waals surface area contributed by atoms with Crippen molar-refractivity contribution in [1.29, 1.82) is 0 Å². The number of nitrogens with zero attached hydrogens (tertiary/aromatic N) is 2. The minimum atomic E-state index is -0.860. The Bertz CT molecular complexity index is 598. The molecule has 0 aliphatic heterocycles. The van der Waals surface area contributed by atoms with E-state index in [4.69, 9.17) is 0 Å². The predicted molar refractivity (Wildman–Crippen MR) is 77.5 cm³/mol. The average molecular weight is 344 g/mol. The van der Waals surface area contributed by atoms with Gasteiger partial charge in [-0.15, -0.1) is 0 Å². The van der Waals surface area contributed by atoms with Gasteiger partial charge in [0.1, 0.15) is 5.82 Å². The van der Waals surface area contributed by atoms with Gasteiger partial charge in [0, 0.05) is 31.4 Å². The van der Waals surface area contributed by atoms with E-state index in [2.05, 4.69) is 26.2 Å². The second kappa shape index (κ2) is 6.45. The maximum absolute atomic E-state index is 13.6. The Hall–Kier alpha value is -1.27. The van der Waals surface area contributed by atoms with Crippen LogP contribution in [0.4, 0.5) is 8.78 Å². The molecule has 1 heterocycles. The molecule has 1 aromatic heterocycles. The standard InChI is InChI=1S/C14H16BrF2N3/c1-3-20-7-6-19-12(20)8-11(18-2)9-4-5-10(16)14(17)13(9)15/h4-7,11,18H,3,8H2,1-2H3. The molecule has 0 aliphatic rings. The van der Waals surface area contributed by atoms with Gasteiger partial charge in [-0.1, -0.05) is 6.07 Å². The summed E-state index contributed by atoms with van der Waals surface area (Å²) in [6, 6.07) is 2.58. The summed E-state index contributed by atoms with van der Waals surface area (Å²) >= 11 is 3.13. The monoisotopic (exact) mass is 343 g/mol. The smallest absolute Gasteiger partial charge is 0.173 e. The fourth-order valence-electron chi connectivity index (χ4n) is 2.18. The lowest BCUT2D eigenvalue weighted by molar-refractivity contribution is 0.492. The fourth-order valence-corrected chi connectivity index (χ4v) is 2.78. The van der Waals surface area contributed by atoms with E-state index in [-0.39, 0.29) is 10.5 Å². The molecule has 0 radical (unpaired) electrons. The number of halogens is 3. The molecule has 0 fully saturated rings. The molecule has 0 aliphatic carbocycles. The third-order valence-corrected chi connectivity index (χ3v) is 4.12. The summed E-state index contributed by atoms with van der Waals surface area (Å²) < 4.78 is 29.0. The van der Waals surface area contributed by atoms with E-state index in [1.54, 1.807) is 19.3 Å². The van der Waals surface area contributed by atoms with Gasteiger partial charge in [-0.2, -0.15) is 0 Å². The third-order valence-electron chi connectivity index (χ3n) is 3.32. The lowest BCUT2D eigenvalue weighted by atomic mass is 10.0. The molecule has 6 heteroatoms. The van der Waals surface area contributed by atoms with E-state index >= 15 is 0 Å². The highest BCUT2D eigenvalue weighted by atomic mass is 79.9. The van der Waals surface area contributed by atoms with Crippen molar-refractivity contribution in [3.63, 3.8) is 0 Å². The summed E-state index contributed by atoms with van der Waals surface area (Å²) in [7, 11) is 1.79. The summed E-state index contributed by atoms with van der Waals surface area (Å²) in [5, 5.41) is 3.12. The van der Waals surface area contributed by atoms with Crippen molar-refractivity contribution in [3.05, 3.63) is 52.0 Å². The molecule has 2 aromatic rings. The molecule has 0 spiro atoms. The second-order valence-electron chi connectivity index (χ2n) is 4.44. The van der Waals surface area contributed by atoms with Crippen LogP contribution in [0.1, 0.15) is 24.4 Å². The molecule has 1 N–H and O–H groups in total. The molecular weight excluding hydrogens is 328 g/mol. The zero-order chi connectivity index (χ0) is 14.7. The molecular formula is C14H16BrF2N3. The number of benzene rings is 1. The highest BCUT2D eigenvalue weighted by molar-refractivity contribution is 9.10. The highest BCUT2D eigenvalue weighted by Gasteiger charge is 2.19. The molecule has 20 heavy (non-hydrogen) atoms. The molecule has 0 saturated carbocycles. The number of hydrogen-bond donors (Lipinski definition) is 1. The van der Waals surface area contributed by atoms with Crippen LogP contribution in [-0.4, -0.2) is 16.6 Å². The molecule has 3 nitrogen and oxygen atoms in total. The first kappa shape index (κ1) is 15.1. The maximum atomic E-state index is 13.6. The van der Waals surface area contributed by atoms with E-state index in [0.29, 0.717) is 12.0 Å². The lowest BCUT2D eigenvalue weighted by Gasteiger charge is -2.19. The van der Waals surface area contributed by atoms with Crippen LogP contribution in [-0.2, 0) is 13.0 Å². The number of hydrogen-bond acceptors (Lipinski definition) is 2. The summed E-state index contributed by atoms with van der Waals surface area (Å²) in [6.45, 7) is 2.86. The van der Waals surface area contributed by atoms with Crippen LogP contribution in [0.15, 0.2) is 29.0 Å². The van der Waals surface area contributed by atoms with Crippen molar-refractivity contribution < 1.29 is 8.78 Å². The van der Waals surface area contributed by atoms with Crippen LogP contribution in [0.3, 0.4) is 0 Å². The van der Waals surface area contributed by atoms with Gasteiger partial charge >= 0.3 is 0 Å². The average Bonchev–Trinajstić information content (AvgIpc) is 2.90. The van der Waals surface area contributed by atoms with Gasteiger partial charge in [-0.3, -0.25) is 0 Å². The second-order valence-corrected chi connectivity index (χ2v) is 5.23. The zero-order valence-corrected chi connectivity index (χ0v) is 12.9. The van der Waals surface area contributed by atoms with Gasteiger partial charge in [0.25, 0.3) is 0 Å². The predicted octanol–water partition coefficient (Wildman–Crippen LogP) is 3.45. The van der Waals surface area contributed by atoms with Crippen LogP contribution in [0.25, 0.3) is 0 Å². The van der Waals surface area contributed by atoms with E-state index in [0.717, 1.165) is 18.4 Å². The van der Waals surface area contributed by atoms with Gasteiger partial charge < -0.3 is 9.88 Å². The number of aryl methyl sites for hydroxylation is 1. The van der Waals surface area contributed by atoms with Crippen molar-refractivity contribution in [2.24, 2.45) is 0 Å². The van der Waals surface area contributed by atoms with Crippen molar-refractivity contribution in [2.75, 3.05) is 7.05 Å². The highest BCUT2D eigenvalue weighted by Crippen LogP contribution is 2.29. The Morgan fingerprint density at radius 3 is 2.80 bits per heavy atom. The van der Waals surface area contributed by atoms with Gasteiger partial charge in [0.15, 0.2) is 11.6 Å². The first-order chi connectivity index (χ1) is 9.58. The largest absolute Gasteiger partial charge is 0.335 e. The summed E-state index contributed by atoms with van der Waals surface area (Å²) in [5.41, 5.74) is 0.678. The van der Waals surface area contributed by atoms with Crippen molar-refractivity contribution in [3.8, 4) is 0 Å². The number of likely N-dealkylation sites (N-methyl/N-ethyl adjacent to an activating group) is 1. The first-order valence-electron chi connectivity index (χ1n) is 6.39. The molecule has 0 saturated heterocycles. The van der Waals surface area contributed by atoms with E-state index < -0.39 is 11.6 Å². The van der Waals surface area contributed by atoms with E-state index in [9.17, 15) is 8.78 Å². The minimum absolute atomic E-state index is 0.146. The molecule has 2 rings (SSSR count).